The van der Waals surface area contributed by atoms with E-state index < -0.39 is 12.0 Å². The molecule has 0 spiro atoms. The van der Waals surface area contributed by atoms with Crippen LogP contribution >= 0.6 is 11.8 Å². The number of carbonyl (C=O) groups excluding carboxylic acids is 1. The van der Waals surface area contributed by atoms with E-state index in [1.54, 1.807) is 41.5 Å². The Morgan fingerprint density at radius 2 is 1.81 bits per heavy atom. The molecule has 4 rings (SSSR count). The molecule has 1 atom stereocenters. The Morgan fingerprint density at radius 3 is 2.44 bits per heavy atom. The maximum absolute atomic E-state index is 13.1. The standard InChI is InChI=1S/C22H22N4O5S/c1-12(27)25-15-9-7-6-8-13(15)17-20(28)23-22(32-5)24-26(17)21(25)14-10-11-16(29-2)19(31-4)18(14)30-3/h6-11,21H,1-5H3. The fourth-order valence-corrected chi connectivity index (χ4v) is 4.31. The molecule has 1 amide bonds. The van der Waals surface area contributed by atoms with Crippen LogP contribution in [0.3, 0.4) is 0 Å². The first-order chi connectivity index (χ1) is 15.5. The summed E-state index contributed by atoms with van der Waals surface area (Å²) >= 11 is 1.25. The molecule has 3 aromatic rings. The molecule has 2 heterocycles. The zero-order valence-corrected chi connectivity index (χ0v) is 19.1. The van der Waals surface area contributed by atoms with E-state index in [-0.39, 0.29) is 11.6 Å². The number of carbonyl (C=O) groups is 1. The van der Waals surface area contributed by atoms with Crippen molar-refractivity contribution in [3.8, 4) is 34.4 Å². The molecular formula is C22H22N4O5S. The zero-order valence-electron chi connectivity index (χ0n) is 18.3. The number of amides is 1. The van der Waals surface area contributed by atoms with E-state index in [1.165, 1.54) is 44.7 Å². The summed E-state index contributed by atoms with van der Waals surface area (Å²) in [7, 11) is 4.54. The van der Waals surface area contributed by atoms with Crippen LogP contribution in [0.2, 0.25) is 0 Å². The van der Waals surface area contributed by atoms with Crippen molar-refractivity contribution in [3.63, 3.8) is 0 Å². The van der Waals surface area contributed by atoms with Crippen molar-refractivity contribution in [3.05, 3.63) is 42.0 Å². The average molecular weight is 455 g/mol. The fraction of sp³-hybridized carbons (Fsp3) is 0.273. The van der Waals surface area contributed by atoms with Gasteiger partial charge in [0.15, 0.2) is 11.5 Å². The van der Waals surface area contributed by atoms with Gasteiger partial charge in [-0.1, -0.05) is 28.6 Å². The number of para-hydroxylation sites is 1. The van der Waals surface area contributed by atoms with E-state index >= 15 is 0 Å². The normalized spacial score (nSPS) is 14.4. The second kappa shape index (κ2) is 8.54. The molecule has 0 aliphatic carbocycles. The Morgan fingerprint density at radius 1 is 1.09 bits per heavy atom. The van der Waals surface area contributed by atoms with Crippen LogP contribution in [0.25, 0.3) is 11.3 Å². The summed E-state index contributed by atoms with van der Waals surface area (Å²) < 4.78 is 18.2. The minimum Gasteiger partial charge on any atom is -0.854 e. The smallest absolute Gasteiger partial charge is 0.296 e. The maximum atomic E-state index is 13.1. The lowest BCUT2D eigenvalue weighted by Crippen LogP contribution is -2.58. The molecule has 10 heteroatoms. The van der Waals surface area contributed by atoms with Crippen molar-refractivity contribution < 1.29 is 28.8 Å². The molecule has 1 aliphatic heterocycles. The average Bonchev–Trinajstić information content (AvgIpc) is 2.81. The number of aromatic nitrogens is 3. The van der Waals surface area contributed by atoms with E-state index in [2.05, 4.69) is 10.1 Å². The predicted octanol–water partition coefficient (Wildman–Crippen LogP) is 2.17. The highest BCUT2D eigenvalue weighted by Gasteiger charge is 2.45. The molecule has 0 bridgehead atoms. The lowest BCUT2D eigenvalue weighted by Gasteiger charge is -2.33. The first kappa shape index (κ1) is 21.7. The molecule has 2 aromatic carbocycles. The maximum Gasteiger partial charge on any atom is 0.296 e. The van der Waals surface area contributed by atoms with Crippen molar-refractivity contribution in [1.29, 1.82) is 0 Å². The number of thioether (sulfide) groups is 1. The summed E-state index contributed by atoms with van der Waals surface area (Å²) in [5, 5.41) is 18.0. The van der Waals surface area contributed by atoms with Gasteiger partial charge in [-0.15, -0.1) is 0 Å². The van der Waals surface area contributed by atoms with Gasteiger partial charge in [0.1, 0.15) is 0 Å². The molecular weight excluding hydrogens is 432 g/mol. The molecule has 9 nitrogen and oxygen atoms in total. The first-order valence-electron chi connectivity index (χ1n) is 9.69. The number of fused-ring (bicyclic) bond motifs is 3. The van der Waals surface area contributed by atoms with Crippen LogP contribution in [0.4, 0.5) is 5.69 Å². The highest BCUT2D eigenvalue weighted by Crippen LogP contribution is 2.47. The summed E-state index contributed by atoms with van der Waals surface area (Å²) in [6, 6.07) is 10.7. The monoisotopic (exact) mass is 454 g/mol. The van der Waals surface area contributed by atoms with Crippen LogP contribution < -0.4 is 28.9 Å². The highest BCUT2D eigenvalue weighted by molar-refractivity contribution is 7.98. The Hall–Kier alpha value is -3.53. The van der Waals surface area contributed by atoms with E-state index in [4.69, 9.17) is 14.2 Å². The van der Waals surface area contributed by atoms with Gasteiger partial charge < -0.3 is 19.3 Å². The van der Waals surface area contributed by atoms with Crippen molar-refractivity contribution in [2.75, 3.05) is 32.5 Å². The van der Waals surface area contributed by atoms with Gasteiger partial charge in [0, 0.05) is 12.0 Å². The molecule has 0 saturated carbocycles. The van der Waals surface area contributed by atoms with Gasteiger partial charge in [0.25, 0.3) is 17.0 Å². The van der Waals surface area contributed by atoms with Crippen molar-refractivity contribution in [1.82, 2.24) is 10.1 Å². The van der Waals surface area contributed by atoms with E-state index in [0.717, 1.165) is 0 Å². The quantitative estimate of drug-likeness (QED) is 0.427. The Kier molecular flexibility index (Phi) is 5.79. The second-order valence-corrected chi connectivity index (χ2v) is 7.67. The summed E-state index contributed by atoms with van der Waals surface area (Å²) in [6.45, 7) is 1.47. The number of rotatable bonds is 5. The summed E-state index contributed by atoms with van der Waals surface area (Å²) in [4.78, 5) is 18.6. The van der Waals surface area contributed by atoms with Gasteiger partial charge in [-0.3, -0.25) is 4.79 Å². The molecule has 0 N–H and O–H groups in total. The molecule has 0 radical (unpaired) electrons. The third-order valence-corrected chi connectivity index (χ3v) is 5.79. The zero-order chi connectivity index (χ0) is 23.0. The summed E-state index contributed by atoms with van der Waals surface area (Å²) in [5.41, 5.74) is 2.03. The number of hydrogen-bond donors (Lipinski definition) is 0. The number of methoxy groups -OCH3 is 3. The Labute approximate surface area is 189 Å². The first-order valence-corrected chi connectivity index (χ1v) is 10.9. The van der Waals surface area contributed by atoms with E-state index in [1.807, 2.05) is 6.07 Å². The van der Waals surface area contributed by atoms with Crippen LogP contribution in [0.5, 0.6) is 23.1 Å². The molecule has 1 unspecified atom stereocenters. The number of hydrogen-bond acceptors (Lipinski definition) is 8. The van der Waals surface area contributed by atoms with Gasteiger partial charge in [-0.05, 0) is 30.5 Å². The van der Waals surface area contributed by atoms with Crippen molar-refractivity contribution in [2.45, 2.75) is 18.2 Å². The Balaban J connectivity index is 2.11. The highest BCUT2D eigenvalue weighted by atomic mass is 32.2. The third-order valence-electron chi connectivity index (χ3n) is 5.25. The number of nitrogens with zero attached hydrogens (tertiary/aromatic N) is 4. The summed E-state index contributed by atoms with van der Waals surface area (Å²) in [6.07, 6.45) is 0.974. The minimum absolute atomic E-state index is 0.228. The molecule has 0 saturated heterocycles. The van der Waals surface area contributed by atoms with Gasteiger partial charge >= 0.3 is 0 Å². The van der Waals surface area contributed by atoms with Crippen LogP contribution in [0, 0.1) is 0 Å². The lowest BCUT2D eigenvalue weighted by molar-refractivity contribution is -0.764. The lowest BCUT2D eigenvalue weighted by atomic mass is 10.00. The van der Waals surface area contributed by atoms with Crippen LogP contribution in [0.1, 0.15) is 18.7 Å². The molecule has 32 heavy (non-hydrogen) atoms. The van der Waals surface area contributed by atoms with Gasteiger partial charge in [-0.2, -0.15) is 0 Å². The third kappa shape index (κ3) is 3.27. The van der Waals surface area contributed by atoms with Crippen LogP contribution in [-0.2, 0) is 4.79 Å². The number of ether oxygens (including phenoxy) is 3. The topological polar surface area (TPSA) is 101 Å². The Bertz CT molecular complexity index is 1200. The van der Waals surface area contributed by atoms with Crippen molar-refractivity contribution in [2.24, 2.45) is 0 Å². The van der Waals surface area contributed by atoms with E-state index in [9.17, 15) is 9.90 Å². The van der Waals surface area contributed by atoms with Crippen molar-refractivity contribution >= 4 is 23.4 Å². The van der Waals surface area contributed by atoms with Gasteiger partial charge in [0.05, 0.1) is 44.0 Å². The van der Waals surface area contributed by atoms with Crippen LogP contribution in [0.15, 0.2) is 41.6 Å². The fourth-order valence-electron chi connectivity index (χ4n) is 3.97. The van der Waals surface area contributed by atoms with Gasteiger partial charge in [0.2, 0.25) is 11.7 Å². The summed E-state index contributed by atoms with van der Waals surface area (Å²) in [5.74, 6) is 0.566. The van der Waals surface area contributed by atoms with Gasteiger partial charge in [-0.25, -0.2) is 9.88 Å². The second-order valence-electron chi connectivity index (χ2n) is 6.90. The SMILES string of the molecule is COc1ccc(C2N(C(C)=O)c3ccccc3-c3c([O-])nc(SC)n[n+]32)c(OC)c1OC. The number of benzene rings is 2. The van der Waals surface area contributed by atoms with Crippen LogP contribution in [-0.4, -0.2) is 43.6 Å². The minimum atomic E-state index is -0.811. The predicted molar refractivity (Wildman–Crippen MR) is 116 cm³/mol. The molecule has 166 valence electrons. The number of anilines is 1. The van der Waals surface area contributed by atoms with E-state index in [0.29, 0.717) is 39.2 Å². The largest absolute Gasteiger partial charge is 0.854 e. The molecule has 1 aliphatic rings. The molecule has 0 fully saturated rings. The molecule has 1 aromatic heterocycles.